The van der Waals surface area contributed by atoms with Gasteiger partial charge < -0.3 is 15.4 Å². The zero-order chi connectivity index (χ0) is 17.5. The standard InChI is InChI=1S/C19H24N4O2/c1-25-17-6-2-4-15(10-17)11-22-19(24)14-23-9-8-21-13-18(23)16-5-3-7-20-12-16/h2-7,10,12,18,21H,8-9,11,13-14H2,1H3,(H,22,24). The van der Waals surface area contributed by atoms with Crippen LogP contribution in [0.25, 0.3) is 0 Å². The van der Waals surface area contributed by atoms with Crippen LogP contribution in [0.5, 0.6) is 5.75 Å². The van der Waals surface area contributed by atoms with Gasteiger partial charge >= 0.3 is 0 Å². The van der Waals surface area contributed by atoms with Crippen LogP contribution in [0.2, 0.25) is 0 Å². The van der Waals surface area contributed by atoms with Crippen molar-refractivity contribution in [1.82, 2.24) is 20.5 Å². The quantitative estimate of drug-likeness (QED) is 0.831. The molecule has 6 nitrogen and oxygen atoms in total. The van der Waals surface area contributed by atoms with Crippen LogP contribution >= 0.6 is 0 Å². The molecule has 132 valence electrons. The molecule has 1 atom stereocenters. The minimum atomic E-state index is 0.0265. The predicted octanol–water partition coefficient (Wildman–Crippen LogP) is 1.35. The fraction of sp³-hybridized carbons (Fsp3) is 0.368. The highest BCUT2D eigenvalue weighted by molar-refractivity contribution is 5.78. The van der Waals surface area contributed by atoms with Gasteiger partial charge in [-0.3, -0.25) is 14.7 Å². The number of nitrogens with one attached hydrogen (secondary N) is 2. The maximum Gasteiger partial charge on any atom is 0.234 e. The molecule has 1 saturated heterocycles. The Balaban J connectivity index is 1.57. The van der Waals surface area contributed by atoms with E-state index in [4.69, 9.17) is 4.74 Å². The summed E-state index contributed by atoms with van der Waals surface area (Å²) in [7, 11) is 1.64. The Bertz CT molecular complexity index is 693. The zero-order valence-corrected chi connectivity index (χ0v) is 14.4. The van der Waals surface area contributed by atoms with Crippen molar-refractivity contribution in [1.29, 1.82) is 0 Å². The van der Waals surface area contributed by atoms with Gasteiger partial charge in [0.1, 0.15) is 5.75 Å². The lowest BCUT2D eigenvalue weighted by atomic mass is 10.1. The molecule has 6 heteroatoms. The molecule has 0 aliphatic carbocycles. The smallest absolute Gasteiger partial charge is 0.234 e. The van der Waals surface area contributed by atoms with E-state index in [0.29, 0.717) is 13.1 Å². The number of carbonyl (C=O) groups excluding carboxylic acids is 1. The Labute approximate surface area is 148 Å². The van der Waals surface area contributed by atoms with E-state index in [1.807, 2.05) is 36.5 Å². The van der Waals surface area contributed by atoms with Crippen LogP contribution < -0.4 is 15.4 Å². The highest BCUT2D eigenvalue weighted by Crippen LogP contribution is 2.20. The van der Waals surface area contributed by atoms with E-state index in [-0.39, 0.29) is 11.9 Å². The van der Waals surface area contributed by atoms with Gasteiger partial charge in [0.25, 0.3) is 0 Å². The van der Waals surface area contributed by atoms with E-state index in [1.165, 1.54) is 0 Å². The highest BCUT2D eigenvalue weighted by Gasteiger charge is 2.25. The summed E-state index contributed by atoms with van der Waals surface area (Å²) in [6.45, 7) is 3.44. The Hall–Kier alpha value is -2.44. The van der Waals surface area contributed by atoms with E-state index >= 15 is 0 Å². The molecule has 1 amide bonds. The van der Waals surface area contributed by atoms with Crippen molar-refractivity contribution >= 4 is 5.91 Å². The zero-order valence-electron chi connectivity index (χ0n) is 14.4. The Morgan fingerprint density at radius 1 is 1.40 bits per heavy atom. The van der Waals surface area contributed by atoms with E-state index in [2.05, 4.69) is 26.6 Å². The first-order valence-corrected chi connectivity index (χ1v) is 8.50. The van der Waals surface area contributed by atoms with E-state index < -0.39 is 0 Å². The molecule has 1 unspecified atom stereocenters. The number of pyridine rings is 1. The summed E-state index contributed by atoms with van der Waals surface area (Å²) in [5.74, 6) is 0.823. The summed E-state index contributed by atoms with van der Waals surface area (Å²) < 4.78 is 5.21. The number of rotatable bonds is 6. The average molecular weight is 340 g/mol. The lowest BCUT2D eigenvalue weighted by Crippen LogP contribution is -2.49. The van der Waals surface area contributed by atoms with Crippen molar-refractivity contribution in [3.8, 4) is 5.75 Å². The van der Waals surface area contributed by atoms with Crippen molar-refractivity contribution in [2.75, 3.05) is 33.3 Å². The van der Waals surface area contributed by atoms with Gasteiger partial charge in [0.15, 0.2) is 0 Å². The summed E-state index contributed by atoms with van der Waals surface area (Å²) in [4.78, 5) is 18.8. The molecule has 0 bridgehead atoms. The molecule has 1 aromatic carbocycles. The van der Waals surface area contributed by atoms with Crippen molar-refractivity contribution < 1.29 is 9.53 Å². The molecule has 0 radical (unpaired) electrons. The van der Waals surface area contributed by atoms with Gasteiger partial charge in [-0.05, 0) is 29.3 Å². The minimum absolute atomic E-state index is 0.0265. The molecule has 1 fully saturated rings. The summed E-state index contributed by atoms with van der Waals surface area (Å²) in [6.07, 6.45) is 3.64. The summed E-state index contributed by atoms with van der Waals surface area (Å²) in [6, 6.07) is 11.9. The number of piperazine rings is 1. The third-order valence-corrected chi connectivity index (χ3v) is 4.39. The number of amides is 1. The minimum Gasteiger partial charge on any atom is -0.497 e. The normalized spacial score (nSPS) is 17.9. The first kappa shape index (κ1) is 17.4. The van der Waals surface area contributed by atoms with Crippen LogP contribution in [0.15, 0.2) is 48.8 Å². The van der Waals surface area contributed by atoms with Crippen molar-refractivity contribution in [2.45, 2.75) is 12.6 Å². The molecule has 2 N–H and O–H groups in total. The number of nitrogens with zero attached hydrogens (tertiary/aromatic N) is 2. The lowest BCUT2D eigenvalue weighted by Gasteiger charge is -2.35. The van der Waals surface area contributed by atoms with E-state index in [1.54, 1.807) is 13.3 Å². The summed E-state index contributed by atoms with van der Waals surface area (Å²) in [5.41, 5.74) is 2.16. The van der Waals surface area contributed by atoms with Gasteiger partial charge in [0.2, 0.25) is 5.91 Å². The van der Waals surface area contributed by atoms with Crippen molar-refractivity contribution in [2.24, 2.45) is 0 Å². The van der Waals surface area contributed by atoms with Gasteiger partial charge in [0.05, 0.1) is 13.7 Å². The number of hydrogen-bond donors (Lipinski definition) is 2. The summed E-state index contributed by atoms with van der Waals surface area (Å²) in [5, 5.41) is 6.39. The van der Waals surface area contributed by atoms with E-state index in [0.717, 1.165) is 36.5 Å². The molecule has 1 aliphatic rings. The van der Waals surface area contributed by atoms with Gasteiger partial charge in [-0.15, -0.1) is 0 Å². The monoisotopic (exact) mass is 340 g/mol. The van der Waals surface area contributed by atoms with Crippen LogP contribution in [0.3, 0.4) is 0 Å². The number of methoxy groups -OCH3 is 1. The van der Waals surface area contributed by atoms with Crippen molar-refractivity contribution in [3.05, 3.63) is 59.9 Å². The number of carbonyl (C=O) groups is 1. The molecule has 1 aliphatic heterocycles. The van der Waals surface area contributed by atoms with Crippen LogP contribution in [-0.4, -0.2) is 49.1 Å². The fourth-order valence-electron chi connectivity index (χ4n) is 3.06. The maximum absolute atomic E-state index is 12.4. The molecular weight excluding hydrogens is 316 g/mol. The molecule has 0 saturated carbocycles. The molecule has 2 heterocycles. The second-order valence-corrected chi connectivity index (χ2v) is 6.11. The number of hydrogen-bond acceptors (Lipinski definition) is 5. The molecule has 1 aromatic heterocycles. The average Bonchev–Trinajstić information content (AvgIpc) is 2.68. The summed E-state index contributed by atoms with van der Waals surface area (Å²) >= 11 is 0. The highest BCUT2D eigenvalue weighted by atomic mass is 16.5. The Morgan fingerprint density at radius 3 is 3.12 bits per heavy atom. The molecule has 25 heavy (non-hydrogen) atoms. The molecule has 2 aromatic rings. The van der Waals surface area contributed by atoms with E-state index in [9.17, 15) is 4.79 Å². The number of aromatic nitrogens is 1. The van der Waals surface area contributed by atoms with Crippen LogP contribution in [-0.2, 0) is 11.3 Å². The van der Waals surface area contributed by atoms with Gasteiger partial charge in [0, 0.05) is 44.6 Å². The second-order valence-electron chi connectivity index (χ2n) is 6.11. The van der Waals surface area contributed by atoms with Gasteiger partial charge in [-0.25, -0.2) is 0 Å². The number of benzene rings is 1. The number of ether oxygens (including phenoxy) is 1. The first-order valence-electron chi connectivity index (χ1n) is 8.50. The van der Waals surface area contributed by atoms with Crippen LogP contribution in [0, 0.1) is 0 Å². The Kier molecular flexibility index (Phi) is 5.98. The van der Waals surface area contributed by atoms with Crippen LogP contribution in [0.4, 0.5) is 0 Å². The topological polar surface area (TPSA) is 66.5 Å². The first-order chi connectivity index (χ1) is 12.3. The molecule has 3 rings (SSSR count). The Morgan fingerprint density at radius 2 is 2.32 bits per heavy atom. The van der Waals surface area contributed by atoms with Crippen molar-refractivity contribution in [3.63, 3.8) is 0 Å². The third kappa shape index (κ3) is 4.78. The van der Waals surface area contributed by atoms with Crippen LogP contribution in [0.1, 0.15) is 17.2 Å². The third-order valence-electron chi connectivity index (χ3n) is 4.39. The largest absolute Gasteiger partial charge is 0.497 e. The molecule has 0 spiro atoms. The lowest BCUT2D eigenvalue weighted by molar-refractivity contribution is -0.123. The van der Waals surface area contributed by atoms with Gasteiger partial charge in [-0.2, -0.15) is 0 Å². The van der Waals surface area contributed by atoms with Gasteiger partial charge in [-0.1, -0.05) is 18.2 Å². The second kappa shape index (κ2) is 8.60. The maximum atomic E-state index is 12.4. The predicted molar refractivity (Wildman–Crippen MR) is 96.3 cm³/mol. The fourth-order valence-corrected chi connectivity index (χ4v) is 3.06. The SMILES string of the molecule is COc1cccc(CNC(=O)CN2CCNCC2c2cccnc2)c1. The molecular formula is C19H24N4O2.